The Kier molecular flexibility index (Phi) is 5.28. The van der Waals surface area contributed by atoms with E-state index in [4.69, 9.17) is 5.73 Å². The summed E-state index contributed by atoms with van der Waals surface area (Å²) in [5.74, 6) is 0. The van der Waals surface area contributed by atoms with Crippen molar-refractivity contribution in [2.45, 2.75) is 38.6 Å². The van der Waals surface area contributed by atoms with Crippen LogP contribution >= 0.6 is 0 Å². The van der Waals surface area contributed by atoms with E-state index < -0.39 is 0 Å². The zero-order chi connectivity index (χ0) is 14.5. The quantitative estimate of drug-likeness (QED) is 0.813. The second-order valence-corrected chi connectivity index (χ2v) is 6.57. The van der Waals surface area contributed by atoms with Crippen LogP contribution in [-0.2, 0) is 19.4 Å². The zero-order valence-corrected chi connectivity index (χ0v) is 13.2. The van der Waals surface area contributed by atoms with E-state index in [1.807, 2.05) is 0 Å². The van der Waals surface area contributed by atoms with Crippen LogP contribution in [0.2, 0.25) is 0 Å². The van der Waals surface area contributed by atoms with Crippen LogP contribution < -0.4 is 5.73 Å². The smallest absolute Gasteiger partial charge is 0.0234 e. The number of hydrogen-bond acceptors (Lipinski definition) is 3. The maximum atomic E-state index is 5.56. The first-order valence-corrected chi connectivity index (χ1v) is 8.60. The lowest BCUT2D eigenvalue weighted by atomic mass is 10.1. The summed E-state index contributed by atoms with van der Waals surface area (Å²) in [6.07, 6.45) is 6.34. The van der Waals surface area contributed by atoms with Crippen molar-refractivity contribution in [2.75, 3.05) is 39.3 Å². The molecule has 0 atom stereocenters. The lowest BCUT2D eigenvalue weighted by Gasteiger charge is -2.34. The maximum Gasteiger partial charge on any atom is 0.0234 e. The topological polar surface area (TPSA) is 32.5 Å². The number of unbranched alkanes of at least 4 members (excludes halogenated alkanes) is 1. The molecule has 3 nitrogen and oxygen atoms in total. The van der Waals surface area contributed by atoms with E-state index >= 15 is 0 Å². The van der Waals surface area contributed by atoms with Crippen molar-refractivity contribution in [3.63, 3.8) is 0 Å². The van der Waals surface area contributed by atoms with E-state index in [1.165, 1.54) is 64.0 Å². The molecule has 1 aromatic rings. The molecule has 1 fully saturated rings. The third kappa shape index (κ3) is 4.06. The Bertz CT molecular complexity index is 450. The molecule has 1 aliphatic heterocycles. The number of piperazine rings is 1. The summed E-state index contributed by atoms with van der Waals surface area (Å²) in [5.41, 5.74) is 10.3. The Hall–Kier alpha value is -0.900. The molecule has 0 saturated carbocycles. The van der Waals surface area contributed by atoms with Gasteiger partial charge in [-0.15, -0.1) is 0 Å². The van der Waals surface area contributed by atoms with Crippen molar-refractivity contribution in [3.8, 4) is 0 Å². The molecule has 3 rings (SSSR count). The van der Waals surface area contributed by atoms with Gasteiger partial charge in [0.05, 0.1) is 0 Å². The number of fused-ring (bicyclic) bond motifs is 1. The highest BCUT2D eigenvalue weighted by molar-refractivity contribution is 5.35. The number of hydrogen-bond donors (Lipinski definition) is 1. The molecule has 0 radical (unpaired) electrons. The lowest BCUT2D eigenvalue weighted by molar-refractivity contribution is 0.126. The van der Waals surface area contributed by atoms with Gasteiger partial charge in [0.2, 0.25) is 0 Å². The first kappa shape index (κ1) is 15.0. The molecular formula is C18H29N3. The van der Waals surface area contributed by atoms with Gasteiger partial charge in [0.1, 0.15) is 0 Å². The second-order valence-electron chi connectivity index (χ2n) is 6.57. The zero-order valence-electron chi connectivity index (χ0n) is 13.2. The highest BCUT2D eigenvalue weighted by Crippen LogP contribution is 2.23. The standard InChI is InChI=1S/C18H29N3/c19-8-1-2-9-20-10-12-21(13-11-20)15-16-6-7-17-4-3-5-18(17)14-16/h6-7,14H,1-5,8-13,15,19H2. The number of nitrogens with zero attached hydrogens (tertiary/aromatic N) is 2. The van der Waals surface area contributed by atoms with Gasteiger partial charge in [0.15, 0.2) is 0 Å². The molecule has 0 unspecified atom stereocenters. The van der Waals surface area contributed by atoms with Crippen molar-refractivity contribution in [2.24, 2.45) is 5.73 Å². The molecule has 1 aliphatic carbocycles. The van der Waals surface area contributed by atoms with Crippen LogP contribution in [0.4, 0.5) is 0 Å². The van der Waals surface area contributed by atoms with Gasteiger partial charge in [-0.2, -0.15) is 0 Å². The van der Waals surface area contributed by atoms with Crippen molar-refractivity contribution in [3.05, 3.63) is 34.9 Å². The van der Waals surface area contributed by atoms with Crippen LogP contribution in [0.25, 0.3) is 0 Å². The largest absolute Gasteiger partial charge is 0.330 e. The Labute approximate surface area is 129 Å². The van der Waals surface area contributed by atoms with Gasteiger partial charge in [-0.3, -0.25) is 4.90 Å². The summed E-state index contributed by atoms with van der Waals surface area (Å²) in [5, 5.41) is 0. The fourth-order valence-corrected chi connectivity index (χ4v) is 3.63. The fourth-order valence-electron chi connectivity index (χ4n) is 3.63. The SMILES string of the molecule is NCCCCN1CCN(Cc2ccc3c(c2)CCC3)CC1. The van der Waals surface area contributed by atoms with Gasteiger partial charge in [0.25, 0.3) is 0 Å². The average molecular weight is 287 g/mol. The van der Waals surface area contributed by atoms with Crippen LogP contribution in [0.3, 0.4) is 0 Å². The van der Waals surface area contributed by atoms with Gasteiger partial charge in [0, 0.05) is 32.7 Å². The minimum Gasteiger partial charge on any atom is -0.330 e. The number of nitrogens with two attached hydrogens (primary N) is 1. The van der Waals surface area contributed by atoms with Gasteiger partial charge in [-0.25, -0.2) is 0 Å². The normalized spacial score (nSPS) is 19.9. The van der Waals surface area contributed by atoms with Gasteiger partial charge < -0.3 is 10.6 Å². The molecule has 3 heteroatoms. The third-order valence-corrected chi connectivity index (χ3v) is 4.96. The van der Waals surface area contributed by atoms with E-state index in [-0.39, 0.29) is 0 Å². The van der Waals surface area contributed by atoms with Gasteiger partial charge in [-0.05, 0) is 61.9 Å². The number of aryl methyl sites for hydroxylation is 2. The molecule has 1 aromatic carbocycles. The molecule has 1 heterocycles. The summed E-state index contributed by atoms with van der Waals surface area (Å²) in [6.45, 7) is 8.04. The molecule has 116 valence electrons. The summed E-state index contributed by atoms with van der Waals surface area (Å²) in [6, 6.07) is 7.16. The van der Waals surface area contributed by atoms with Gasteiger partial charge in [-0.1, -0.05) is 18.2 Å². The Morgan fingerprint density at radius 2 is 1.67 bits per heavy atom. The second kappa shape index (κ2) is 7.39. The molecule has 0 bridgehead atoms. The predicted octanol–water partition coefficient (Wildman–Crippen LogP) is 2.03. The van der Waals surface area contributed by atoms with E-state index in [2.05, 4.69) is 28.0 Å². The monoisotopic (exact) mass is 287 g/mol. The Morgan fingerprint density at radius 1 is 0.905 bits per heavy atom. The summed E-state index contributed by atoms with van der Waals surface area (Å²) < 4.78 is 0. The minimum atomic E-state index is 0.832. The van der Waals surface area contributed by atoms with E-state index in [1.54, 1.807) is 11.1 Å². The van der Waals surface area contributed by atoms with Crippen LogP contribution in [0.5, 0.6) is 0 Å². The van der Waals surface area contributed by atoms with Crippen molar-refractivity contribution < 1.29 is 0 Å². The molecule has 0 spiro atoms. The molecule has 0 amide bonds. The van der Waals surface area contributed by atoms with Crippen LogP contribution in [0, 0.1) is 0 Å². The van der Waals surface area contributed by atoms with Crippen molar-refractivity contribution >= 4 is 0 Å². The molecule has 2 N–H and O–H groups in total. The highest BCUT2D eigenvalue weighted by Gasteiger charge is 2.17. The van der Waals surface area contributed by atoms with E-state index in [9.17, 15) is 0 Å². The molecular weight excluding hydrogens is 258 g/mol. The predicted molar refractivity (Wildman–Crippen MR) is 88.5 cm³/mol. The minimum absolute atomic E-state index is 0.832. The highest BCUT2D eigenvalue weighted by atomic mass is 15.3. The van der Waals surface area contributed by atoms with Crippen molar-refractivity contribution in [1.82, 2.24) is 9.80 Å². The molecule has 0 aromatic heterocycles. The average Bonchev–Trinajstić information content (AvgIpc) is 2.97. The number of rotatable bonds is 6. The van der Waals surface area contributed by atoms with Crippen LogP contribution in [0.1, 0.15) is 36.0 Å². The summed E-state index contributed by atoms with van der Waals surface area (Å²) in [7, 11) is 0. The van der Waals surface area contributed by atoms with E-state index in [0.29, 0.717) is 0 Å². The lowest BCUT2D eigenvalue weighted by Crippen LogP contribution is -2.46. The first-order chi connectivity index (χ1) is 10.3. The third-order valence-electron chi connectivity index (χ3n) is 4.96. The Balaban J connectivity index is 1.45. The van der Waals surface area contributed by atoms with Crippen molar-refractivity contribution in [1.29, 1.82) is 0 Å². The molecule has 1 saturated heterocycles. The number of benzene rings is 1. The molecule has 21 heavy (non-hydrogen) atoms. The molecule has 2 aliphatic rings. The van der Waals surface area contributed by atoms with Crippen LogP contribution in [0.15, 0.2) is 18.2 Å². The first-order valence-electron chi connectivity index (χ1n) is 8.60. The summed E-state index contributed by atoms with van der Waals surface area (Å²) in [4.78, 5) is 5.20. The maximum absolute atomic E-state index is 5.56. The van der Waals surface area contributed by atoms with E-state index in [0.717, 1.165) is 19.5 Å². The summed E-state index contributed by atoms with van der Waals surface area (Å²) >= 11 is 0. The van der Waals surface area contributed by atoms with Crippen LogP contribution in [-0.4, -0.2) is 49.1 Å². The van der Waals surface area contributed by atoms with Gasteiger partial charge >= 0.3 is 0 Å². The fraction of sp³-hybridized carbons (Fsp3) is 0.667. The Morgan fingerprint density at radius 3 is 2.48 bits per heavy atom.